The number of nitrogens with zero attached hydrogens (tertiary/aromatic N) is 3. The number of fused-ring (bicyclic) bond motifs is 1. The molecule has 30 heavy (non-hydrogen) atoms. The maximum Gasteiger partial charge on any atom is 0.276 e. The topological polar surface area (TPSA) is 88.3 Å². The Balaban J connectivity index is 1.29. The number of benzene rings is 1. The maximum atomic E-state index is 12.9. The predicted molar refractivity (Wildman–Crippen MR) is 115 cm³/mol. The fourth-order valence-electron chi connectivity index (χ4n) is 3.27. The average molecular weight is 437 g/mol. The molecular formula is C21H16N4O3S2. The molecule has 0 saturated heterocycles. The van der Waals surface area contributed by atoms with Crippen LogP contribution in [0.2, 0.25) is 0 Å². The maximum absolute atomic E-state index is 12.9. The first-order valence-electron chi connectivity index (χ1n) is 9.32. The number of nitrogens with one attached hydrogen (secondary N) is 1. The highest BCUT2D eigenvalue weighted by Crippen LogP contribution is 2.30. The normalized spacial score (nSPS) is 13.1. The molecule has 0 spiro atoms. The van der Waals surface area contributed by atoms with Gasteiger partial charge in [-0.2, -0.15) is 0 Å². The van der Waals surface area contributed by atoms with Crippen LogP contribution in [0.25, 0.3) is 11.3 Å². The van der Waals surface area contributed by atoms with E-state index in [0.717, 1.165) is 16.1 Å². The summed E-state index contributed by atoms with van der Waals surface area (Å²) in [6.45, 7) is 0.982. The van der Waals surface area contributed by atoms with Crippen LogP contribution in [-0.4, -0.2) is 33.4 Å². The Morgan fingerprint density at radius 2 is 2.00 bits per heavy atom. The zero-order valence-electron chi connectivity index (χ0n) is 15.7. The van der Waals surface area contributed by atoms with Crippen molar-refractivity contribution in [1.29, 1.82) is 0 Å². The van der Waals surface area contributed by atoms with Crippen molar-refractivity contribution >= 4 is 39.6 Å². The number of thiazole rings is 1. The molecule has 0 aliphatic carbocycles. The first-order chi connectivity index (χ1) is 14.7. The quantitative estimate of drug-likeness (QED) is 0.515. The summed E-state index contributed by atoms with van der Waals surface area (Å²) >= 11 is 2.79. The number of thiophene rings is 1. The van der Waals surface area contributed by atoms with Crippen LogP contribution in [0.4, 0.5) is 5.13 Å². The van der Waals surface area contributed by atoms with Crippen LogP contribution in [0.3, 0.4) is 0 Å². The molecule has 0 saturated carbocycles. The van der Waals surface area contributed by atoms with Gasteiger partial charge in [-0.15, -0.1) is 11.3 Å². The Bertz CT molecular complexity index is 1200. The molecule has 1 aromatic carbocycles. The van der Waals surface area contributed by atoms with Crippen molar-refractivity contribution in [2.24, 2.45) is 0 Å². The van der Waals surface area contributed by atoms with Crippen molar-refractivity contribution in [3.8, 4) is 11.3 Å². The number of hydrogen-bond acceptors (Lipinski definition) is 7. The van der Waals surface area contributed by atoms with Gasteiger partial charge in [0.1, 0.15) is 0 Å². The lowest BCUT2D eigenvalue weighted by Gasteiger charge is -2.25. The minimum atomic E-state index is -0.177. The summed E-state index contributed by atoms with van der Waals surface area (Å²) in [5.74, 6) is 0.220. The molecule has 0 unspecified atom stereocenters. The highest BCUT2D eigenvalue weighted by atomic mass is 32.1. The first-order valence-corrected chi connectivity index (χ1v) is 11.0. The molecule has 2 amide bonds. The van der Waals surface area contributed by atoms with Crippen LogP contribution in [0.5, 0.6) is 0 Å². The zero-order chi connectivity index (χ0) is 20.5. The van der Waals surface area contributed by atoms with E-state index in [4.69, 9.17) is 4.52 Å². The van der Waals surface area contributed by atoms with Crippen molar-refractivity contribution in [3.63, 3.8) is 0 Å². The van der Waals surface area contributed by atoms with Crippen LogP contribution in [-0.2, 0) is 13.0 Å². The molecule has 5 rings (SSSR count). The summed E-state index contributed by atoms with van der Waals surface area (Å²) in [4.78, 5) is 33.0. The third-order valence-corrected chi connectivity index (χ3v) is 6.64. The Morgan fingerprint density at radius 3 is 2.80 bits per heavy atom. The van der Waals surface area contributed by atoms with E-state index < -0.39 is 0 Å². The van der Waals surface area contributed by atoms with E-state index in [2.05, 4.69) is 15.5 Å². The van der Waals surface area contributed by atoms with Crippen molar-refractivity contribution in [3.05, 3.63) is 75.1 Å². The van der Waals surface area contributed by atoms with Gasteiger partial charge in [0.05, 0.1) is 17.1 Å². The fraction of sp³-hybridized carbons (Fsp3) is 0.143. The van der Waals surface area contributed by atoms with Crippen molar-refractivity contribution < 1.29 is 14.1 Å². The van der Waals surface area contributed by atoms with Crippen LogP contribution in [0, 0.1) is 0 Å². The van der Waals surface area contributed by atoms with E-state index in [1.807, 2.05) is 41.8 Å². The molecule has 0 bridgehead atoms. The number of hydrogen-bond donors (Lipinski definition) is 1. The van der Waals surface area contributed by atoms with Crippen LogP contribution in [0.15, 0.2) is 58.4 Å². The number of anilines is 1. The molecule has 3 aromatic heterocycles. The molecule has 1 aliphatic rings. The van der Waals surface area contributed by atoms with E-state index >= 15 is 0 Å². The summed E-state index contributed by atoms with van der Waals surface area (Å²) in [5.41, 5.74) is 2.09. The molecule has 1 aliphatic heterocycles. The van der Waals surface area contributed by atoms with Crippen LogP contribution < -0.4 is 5.32 Å². The van der Waals surface area contributed by atoms with Crippen molar-refractivity contribution in [1.82, 2.24) is 15.0 Å². The molecule has 4 heterocycles. The molecule has 0 atom stereocenters. The third-order valence-electron chi connectivity index (χ3n) is 4.77. The summed E-state index contributed by atoms with van der Waals surface area (Å²) in [6, 6.07) is 14.8. The number of carbonyl (C=O) groups is 2. The minimum Gasteiger partial charge on any atom is -0.355 e. The Kier molecular flexibility index (Phi) is 4.89. The lowest BCUT2D eigenvalue weighted by atomic mass is 10.1. The lowest BCUT2D eigenvalue weighted by Crippen LogP contribution is -2.35. The second-order valence-electron chi connectivity index (χ2n) is 6.74. The van der Waals surface area contributed by atoms with Gasteiger partial charge in [-0.25, -0.2) is 4.98 Å². The summed E-state index contributed by atoms with van der Waals surface area (Å²) in [7, 11) is 0. The Hall–Kier alpha value is -3.30. The zero-order valence-corrected chi connectivity index (χ0v) is 17.3. The van der Waals surface area contributed by atoms with Crippen LogP contribution in [0.1, 0.15) is 30.7 Å². The minimum absolute atomic E-state index is 0.167. The second kappa shape index (κ2) is 7.85. The van der Waals surface area contributed by atoms with E-state index in [9.17, 15) is 9.59 Å². The van der Waals surface area contributed by atoms with Crippen molar-refractivity contribution in [2.75, 3.05) is 11.9 Å². The SMILES string of the molecule is O=C(Nc1nc2c(s1)CN(C(=O)c1cc(-c3ccccc3)on1)CC2)c1cccs1. The summed E-state index contributed by atoms with van der Waals surface area (Å²) in [6.07, 6.45) is 0.635. The standard InChI is InChI=1S/C21H16N4O3S2/c26-19(17-7-4-10-29-17)23-21-22-14-8-9-25(12-18(14)30-21)20(27)15-11-16(28-24-15)13-5-2-1-3-6-13/h1-7,10-11H,8-9,12H2,(H,22,23,26). The van der Waals surface area contributed by atoms with E-state index in [-0.39, 0.29) is 17.5 Å². The monoisotopic (exact) mass is 436 g/mol. The average Bonchev–Trinajstić information content (AvgIpc) is 3.53. The second-order valence-corrected chi connectivity index (χ2v) is 8.77. The predicted octanol–water partition coefficient (Wildman–Crippen LogP) is 4.31. The number of rotatable bonds is 4. The smallest absolute Gasteiger partial charge is 0.276 e. The van der Waals surface area contributed by atoms with Crippen molar-refractivity contribution in [2.45, 2.75) is 13.0 Å². The van der Waals surface area contributed by atoms with E-state index in [1.54, 1.807) is 17.0 Å². The van der Waals surface area contributed by atoms with Gasteiger partial charge in [-0.05, 0) is 11.4 Å². The van der Waals surface area contributed by atoms with Gasteiger partial charge < -0.3 is 9.42 Å². The number of aromatic nitrogens is 2. The highest BCUT2D eigenvalue weighted by Gasteiger charge is 2.27. The lowest BCUT2D eigenvalue weighted by molar-refractivity contribution is 0.0725. The number of carbonyl (C=O) groups excluding carboxylic acids is 2. The van der Waals surface area contributed by atoms with Gasteiger partial charge in [0.2, 0.25) is 0 Å². The van der Waals surface area contributed by atoms with Gasteiger partial charge in [0, 0.05) is 29.5 Å². The molecule has 4 aromatic rings. The molecular weight excluding hydrogens is 420 g/mol. The Labute approximate surface area is 180 Å². The van der Waals surface area contributed by atoms with Crippen LogP contribution >= 0.6 is 22.7 Å². The Morgan fingerprint density at radius 1 is 1.13 bits per heavy atom. The largest absolute Gasteiger partial charge is 0.355 e. The first kappa shape index (κ1) is 18.7. The van der Waals surface area contributed by atoms with E-state index in [1.165, 1.54) is 22.7 Å². The highest BCUT2D eigenvalue weighted by molar-refractivity contribution is 7.16. The van der Waals surface area contributed by atoms with Gasteiger partial charge in [0.25, 0.3) is 11.8 Å². The van der Waals surface area contributed by atoms with Gasteiger partial charge >= 0.3 is 0 Å². The molecule has 7 nitrogen and oxygen atoms in total. The van der Waals surface area contributed by atoms with E-state index in [0.29, 0.717) is 35.3 Å². The summed E-state index contributed by atoms with van der Waals surface area (Å²) < 4.78 is 5.36. The molecule has 9 heteroatoms. The molecule has 1 N–H and O–H groups in total. The van der Waals surface area contributed by atoms with Gasteiger partial charge in [0.15, 0.2) is 16.6 Å². The molecule has 0 fully saturated rings. The van der Waals surface area contributed by atoms with Gasteiger partial charge in [-0.3, -0.25) is 14.9 Å². The third kappa shape index (κ3) is 3.64. The number of amides is 2. The van der Waals surface area contributed by atoms with Gasteiger partial charge in [-0.1, -0.05) is 52.9 Å². The summed E-state index contributed by atoms with van der Waals surface area (Å²) in [5, 5.41) is 9.22. The fourth-order valence-corrected chi connectivity index (χ4v) is 4.90. The molecule has 0 radical (unpaired) electrons. The molecule has 150 valence electrons.